The lowest BCUT2D eigenvalue weighted by atomic mass is 10.1. The predicted molar refractivity (Wildman–Crippen MR) is 73.7 cm³/mol. The van der Waals surface area contributed by atoms with Gasteiger partial charge in [0.05, 0.1) is 0 Å². The maximum atomic E-state index is 5.90. The van der Waals surface area contributed by atoms with E-state index in [1.807, 2.05) is 0 Å². The predicted octanol–water partition coefficient (Wildman–Crippen LogP) is 1.85. The minimum atomic E-state index is 0.355. The number of unbranched alkanes of at least 4 members (excludes halogenated alkanes) is 3. The third-order valence-electron chi connectivity index (χ3n) is 3.61. The molecular weight excluding hydrogens is 226 g/mol. The van der Waals surface area contributed by atoms with E-state index in [2.05, 4.69) is 27.0 Å². The van der Waals surface area contributed by atoms with Crippen LogP contribution < -0.4 is 10.6 Å². The fourth-order valence-electron chi connectivity index (χ4n) is 2.36. The molecule has 18 heavy (non-hydrogen) atoms. The third kappa shape index (κ3) is 3.70. The van der Waals surface area contributed by atoms with E-state index in [-0.39, 0.29) is 0 Å². The van der Waals surface area contributed by atoms with Crippen LogP contribution in [-0.2, 0) is 6.42 Å². The number of aromatic nitrogens is 3. The first-order chi connectivity index (χ1) is 8.79. The SMILES string of the molecule is CCCCCCc1nc(N2CCC(N)CC2)n[nH]1. The molecule has 2 rings (SSSR count). The van der Waals surface area contributed by atoms with Crippen LogP contribution >= 0.6 is 0 Å². The van der Waals surface area contributed by atoms with E-state index >= 15 is 0 Å². The molecule has 0 atom stereocenters. The van der Waals surface area contributed by atoms with E-state index in [0.717, 1.165) is 44.1 Å². The van der Waals surface area contributed by atoms with E-state index in [9.17, 15) is 0 Å². The zero-order valence-electron chi connectivity index (χ0n) is 11.4. The molecule has 0 unspecified atom stereocenters. The second-order valence-electron chi connectivity index (χ2n) is 5.22. The average molecular weight is 251 g/mol. The summed E-state index contributed by atoms with van der Waals surface area (Å²) in [5, 5.41) is 7.37. The van der Waals surface area contributed by atoms with Crippen molar-refractivity contribution in [3.8, 4) is 0 Å². The van der Waals surface area contributed by atoms with Gasteiger partial charge in [-0.2, -0.15) is 4.98 Å². The second-order valence-corrected chi connectivity index (χ2v) is 5.22. The van der Waals surface area contributed by atoms with Crippen LogP contribution in [0.15, 0.2) is 0 Å². The number of anilines is 1. The summed E-state index contributed by atoms with van der Waals surface area (Å²) in [7, 11) is 0. The summed E-state index contributed by atoms with van der Waals surface area (Å²) in [5.41, 5.74) is 5.90. The Bertz CT molecular complexity index is 341. The highest BCUT2D eigenvalue weighted by atomic mass is 15.4. The first-order valence-electron chi connectivity index (χ1n) is 7.21. The molecule has 0 spiro atoms. The van der Waals surface area contributed by atoms with Gasteiger partial charge in [0.15, 0.2) is 0 Å². The number of H-pyrrole nitrogens is 1. The van der Waals surface area contributed by atoms with Gasteiger partial charge in [-0.25, -0.2) is 0 Å². The number of hydrogen-bond acceptors (Lipinski definition) is 4. The Morgan fingerprint density at radius 3 is 2.78 bits per heavy atom. The van der Waals surface area contributed by atoms with Gasteiger partial charge in [-0.05, 0) is 19.3 Å². The number of hydrogen-bond donors (Lipinski definition) is 2. The normalized spacial score (nSPS) is 17.3. The largest absolute Gasteiger partial charge is 0.339 e. The summed E-state index contributed by atoms with van der Waals surface area (Å²) >= 11 is 0. The molecular formula is C13H25N5. The molecule has 5 heteroatoms. The third-order valence-corrected chi connectivity index (χ3v) is 3.61. The van der Waals surface area contributed by atoms with Crippen molar-refractivity contribution in [2.24, 2.45) is 5.73 Å². The van der Waals surface area contributed by atoms with Gasteiger partial charge >= 0.3 is 0 Å². The summed E-state index contributed by atoms with van der Waals surface area (Å²) in [6.07, 6.45) is 8.17. The molecule has 5 nitrogen and oxygen atoms in total. The summed E-state index contributed by atoms with van der Waals surface area (Å²) in [5.74, 6) is 1.88. The Morgan fingerprint density at radius 1 is 1.28 bits per heavy atom. The molecule has 0 radical (unpaired) electrons. The fraction of sp³-hybridized carbons (Fsp3) is 0.846. The highest BCUT2D eigenvalue weighted by Gasteiger charge is 2.19. The molecule has 0 aliphatic carbocycles. The number of nitrogens with zero attached hydrogens (tertiary/aromatic N) is 3. The van der Waals surface area contributed by atoms with Crippen molar-refractivity contribution in [1.29, 1.82) is 0 Å². The lowest BCUT2D eigenvalue weighted by Gasteiger charge is -2.28. The number of rotatable bonds is 6. The topological polar surface area (TPSA) is 70.8 Å². The molecule has 1 aromatic rings. The van der Waals surface area contributed by atoms with Crippen molar-refractivity contribution in [1.82, 2.24) is 15.2 Å². The van der Waals surface area contributed by atoms with Crippen molar-refractivity contribution in [2.45, 2.75) is 57.9 Å². The highest BCUT2D eigenvalue weighted by Crippen LogP contribution is 2.15. The summed E-state index contributed by atoms with van der Waals surface area (Å²) in [6.45, 7) is 4.19. The quantitative estimate of drug-likeness (QED) is 0.757. The summed E-state index contributed by atoms with van der Waals surface area (Å²) < 4.78 is 0. The fourth-order valence-corrected chi connectivity index (χ4v) is 2.36. The number of aromatic amines is 1. The second kappa shape index (κ2) is 6.73. The van der Waals surface area contributed by atoms with Crippen LogP contribution in [0.2, 0.25) is 0 Å². The Kier molecular flexibility index (Phi) is 4.99. The molecule has 2 heterocycles. The van der Waals surface area contributed by atoms with Gasteiger partial charge in [-0.1, -0.05) is 26.2 Å². The molecule has 3 N–H and O–H groups in total. The van der Waals surface area contributed by atoms with Crippen LogP contribution in [-0.4, -0.2) is 34.3 Å². The Balaban J connectivity index is 1.78. The number of nitrogens with one attached hydrogen (secondary N) is 1. The minimum absolute atomic E-state index is 0.355. The van der Waals surface area contributed by atoms with Gasteiger partial charge in [-0.15, -0.1) is 5.10 Å². The van der Waals surface area contributed by atoms with Gasteiger partial charge in [-0.3, -0.25) is 5.10 Å². The molecule has 0 bridgehead atoms. The number of aryl methyl sites for hydroxylation is 1. The van der Waals surface area contributed by atoms with Crippen molar-refractivity contribution in [2.75, 3.05) is 18.0 Å². The molecule has 1 aliphatic rings. The van der Waals surface area contributed by atoms with Gasteiger partial charge in [0.25, 0.3) is 0 Å². The lowest BCUT2D eigenvalue weighted by Crippen LogP contribution is -2.40. The lowest BCUT2D eigenvalue weighted by molar-refractivity contribution is 0.496. The number of nitrogens with two attached hydrogens (primary N) is 1. The Hall–Kier alpha value is -1.10. The molecule has 1 aromatic heterocycles. The number of piperidine rings is 1. The van der Waals surface area contributed by atoms with Crippen molar-refractivity contribution in [3.63, 3.8) is 0 Å². The molecule has 1 fully saturated rings. The van der Waals surface area contributed by atoms with Gasteiger partial charge < -0.3 is 10.6 Å². The standard InChI is InChI=1S/C13H25N5/c1-2-3-4-5-6-12-15-13(17-16-12)18-9-7-11(14)8-10-18/h11H,2-10,14H2,1H3,(H,15,16,17). The smallest absolute Gasteiger partial charge is 0.244 e. The molecule has 1 aliphatic heterocycles. The first-order valence-corrected chi connectivity index (χ1v) is 7.21. The Morgan fingerprint density at radius 2 is 2.06 bits per heavy atom. The van der Waals surface area contributed by atoms with Crippen LogP contribution in [0.3, 0.4) is 0 Å². The van der Waals surface area contributed by atoms with Crippen LogP contribution in [0.1, 0.15) is 51.3 Å². The molecule has 102 valence electrons. The first kappa shape index (κ1) is 13.3. The average Bonchev–Trinajstić information content (AvgIpc) is 2.84. The molecule has 0 amide bonds. The van der Waals surface area contributed by atoms with E-state index < -0.39 is 0 Å². The van der Waals surface area contributed by atoms with E-state index in [1.165, 1.54) is 25.7 Å². The molecule has 0 aromatic carbocycles. The van der Waals surface area contributed by atoms with Crippen molar-refractivity contribution < 1.29 is 0 Å². The van der Waals surface area contributed by atoms with Gasteiger partial charge in [0.1, 0.15) is 5.82 Å². The van der Waals surface area contributed by atoms with E-state index in [4.69, 9.17) is 5.73 Å². The monoisotopic (exact) mass is 251 g/mol. The maximum Gasteiger partial charge on any atom is 0.244 e. The minimum Gasteiger partial charge on any atom is -0.339 e. The summed E-state index contributed by atoms with van der Waals surface area (Å²) in [6, 6.07) is 0.355. The van der Waals surface area contributed by atoms with E-state index in [0.29, 0.717) is 6.04 Å². The Labute approximate surface area is 109 Å². The van der Waals surface area contributed by atoms with Crippen molar-refractivity contribution in [3.05, 3.63) is 5.82 Å². The van der Waals surface area contributed by atoms with Crippen LogP contribution in [0.25, 0.3) is 0 Å². The zero-order valence-corrected chi connectivity index (χ0v) is 11.4. The molecule has 0 saturated carbocycles. The van der Waals surface area contributed by atoms with E-state index in [1.54, 1.807) is 0 Å². The van der Waals surface area contributed by atoms with Crippen LogP contribution in [0.5, 0.6) is 0 Å². The van der Waals surface area contributed by atoms with Crippen LogP contribution in [0.4, 0.5) is 5.95 Å². The maximum absolute atomic E-state index is 5.90. The van der Waals surface area contributed by atoms with Crippen molar-refractivity contribution >= 4 is 5.95 Å². The molecule has 1 saturated heterocycles. The zero-order chi connectivity index (χ0) is 12.8. The van der Waals surface area contributed by atoms with Gasteiger partial charge in [0.2, 0.25) is 5.95 Å². The summed E-state index contributed by atoms with van der Waals surface area (Å²) in [4.78, 5) is 6.81. The van der Waals surface area contributed by atoms with Crippen LogP contribution in [0, 0.1) is 0 Å². The van der Waals surface area contributed by atoms with Gasteiger partial charge in [0, 0.05) is 25.6 Å². The highest BCUT2D eigenvalue weighted by molar-refractivity contribution is 5.29.